The molecule has 0 saturated heterocycles. The Hall–Kier alpha value is -1.42. The van der Waals surface area contributed by atoms with Crippen LogP contribution in [0.4, 0.5) is 0 Å². The van der Waals surface area contributed by atoms with Crippen molar-refractivity contribution in [3.63, 3.8) is 0 Å². The van der Waals surface area contributed by atoms with E-state index in [1.807, 2.05) is 12.1 Å². The molecule has 2 aliphatic rings. The Labute approximate surface area is 120 Å². The molecular formula is C16H23NO3. The topological polar surface area (TPSA) is 39.7 Å². The summed E-state index contributed by atoms with van der Waals surface area (Å²) < 4.78 is 16.2. The summed E-state index contributed by atoms with van der Waals surface area (Å²) in [5.74, 6) is 2.26. The molecule has 1 aromatic rings. The van der Waals surface area contributed by atoms with Crippen LogP contribution in [0.1, 0.15) is 38.7 Å². The van der Waals surface area contributed by atoms with Gasteiger partial charge in [0, 0.05) is 12.6 Å². The summed E-state index contributed by atoms with van der Waals surface area (Å²) in [5, 5.41) is 3.64. The number of nitrogens with one attached hydrogen (secondary N) is 1. The lowest BCUT2D eigenvalue weighted by Gasteiger charge is -2.18. The van der Waals surface area contributed by atoms with E-state index in [4.69, 9.17) is 14.2 Å². The van der Waals surface area contributed by atoms with Gasteiger partial charge in [-0.15, -0.1) is 0 Å². The highest BCUT2D eigenvalue weighted by Gasteiger charge is 2.30. The molecule has 0 bridgehead atoms. The van der Waals surface area contributed by atoms with Crippen molar-refractivity contribution in [3.05, 3.63) is 17.7 Å². The number of rotatable bonds is 4. The van der Waals surface area contributed by atoms with Crippen molar-refractivity contribution >= 4 is 0 Å². The summed E-state index contributed by atoms with van der Waals surface area (Å²) in [6, 6.07) is 4.68. The van der Waals surface area contributed by atoms with E-state index < -0.39 is 0 Å². The van der Waals surface area contributed by atoms with Gasteiger partial charge in [-0.05, 0) is 42.4 Å². The third-order valence-corrected chi connectivity index (χ3v) is 4.28. The second-order valence-electron chi connectivity index (χ2n) is 6.52. The van der Waals surface area contributed by atoms with Gasteiger partial charge in [-0.1, -0.05) is 13.8 Å². The molecule has 1 heterocycles. The molecule has 110 valence electrons. The number of methoxy groups -OCH3 is 1. The highest BCUT2D eigenvalue weighted by atomic mass is 16.7. The molecule has 4 nitrogen and oxygen atoms in total. The van der Waals surface area contributed by atoms with Crippen molar-refractivity contribution in [3.8, 4) is 17.2 Å². The van der Waals surface area contributed by atoms with Crippen molar-refractivity contribution in [2.75, 3.05) is 13.9 Å². The van der Waals surface area contributed by atoms with Gasteiger partial charge in [-0.2, -0.15) is 0 Å². The molecular weight excluding hydrogens is 254 g/mol. The van der Waals surface area contributed by atoms with Crippen molar-refractivity contribution < 1.29 is 14.2 Å². The van der Waals surface area contributed by atoms with Gasteiger partial charge < -0.3 is 19.5 Å². The minimum Gasteiger partial charge on any atom is -0.493 e. The third kappa shape index (κ3) is 2.70. The maximum absolute atomic E-state index is 5.46. The molecule has 20 heavy (non-hydrogen) atoms. The van der Waals surface area contributed by atoms with Crippen LogP contribution in [0.2, 0.25) is 0 Å². The fourth-order valence-corrected chi connectivity index (χ4v) is 3.16. The Bertz CT molecular complexity index is 499. The van der Waals surface area contributed by atoms with E-state index in [0.29, 0.717) is 11.5 Å². The van der Waals surface area contributed by atoms with Crippen LogP contribution in [-0.2, 0) is 6.54 Å². The normalized spacial score (nSPS) is 23.1. The fraction of sp³-hybridized carbons (Fsp3) is 0.625. The Morgan fingerprint density at radius 2 is 2.20 bits per heavy atom. The molecule has 1 aliphatic carbocycles. The maximum Gasteiger partial charge on any atom is 0.231 e. The number of ether oxygens (including phenoxy) is 3. The smallest absolute Gasteiger partial charge is 0.231 e. The summed E-state index contributed by atoms with van der Waals surface area (Å²) in [4.78, 5) is 0. The Morgan fingerprint density at radius 3 is 2.90 bits per heavy atom. The Morgan fingerprint density at radius 1 is 1.35 bits per heavy atom. The average molecular weight is 277 g/mol. The summed E-state index contributed by atoms with van der Waals surface area (Å²) in [5.41, 5.74) is 1.65. The van der Waals surface area contributed by atoms with E-state index in [9.17, 15) is 0 Å². The SMILES string of the molecule is COc1cc(CNC2CCC(C)(C)C2)cc2c1OCO2. The molecule has 1 aromatic carbocycles. The quantitative estimate of drug-likeness (QED) is 0.918. The highest BCUT2D eigenvalue weighted by Crippen LogP contribution is 2.42. The van der Waals surface area contributed by atoms with Crippen LogP contribution in [0.5, 0.6) is 17.2 Å². The van der Waals surface area contributed by atoms with Crippen LogP contribution in [0.3, 0.4) is 0 Å². The van der Waals surface area contributed by atoms with Gasteiger partial charge >= 0.3 is 0 Å². The van der Waals surface area contributed by atoms with Crippen molar-refractivity contribution in [2.24, 2.45) is 5.41 Å². The maximum atomic E-state index is 5.46. The summed E-state index contributed by atoms with van der Waals surface area (Å²) in [6.45, 7) is 5.81. The van der Waals surface area contributed by atoms with Crippen LogP contribution < -0.4 is 19.5 Å². The molecule has 1 N–H and O–H groups in total. The second-order valence-corrected chi connectivity index (χ2v) is 6.52. The molecule has 1 aliphatic heterocycles. The first kappa shape index (κ1) is 13.6. The summed E-state index contributed by atoms with van der Waals surface area (Å²) >= 11 is 0. The van der Waals surface area contributed by atoms with Crippen molar-refractivity contribution in [2.45, 2.75) is 45.7 Å². The van der Waals surface area contributed by atoms with Crippen molar-refractivity contribution in [1.82, 2.24) is 5.32 Å². The van der Waals surface area contributed by atoms with E-state index in [1.165, 1.54) is 24.8 Å². The first-order chi connectivity index (χ1) is 9.57. The van der Waals surface area contributed by atoms with E-state index in [2.05, 4.69) is 19.2 Å². The van der Waals surface area contributed by atoms with Crippen LogP contribution in [0, 0.1) is 5.41 Å². The second kappa shape index (κ2) is 5.17. The van der Waals surface area contributed by atoms with Gasteiger partial charge in [0.1, 0.15) is 0 Å². The van der Waals surface area contributed by atoms with Crippen LogP contribution in [0.15, 0.2) is 12.1 Å². The van der Waals surface area contributed by atoms with Crippen LogP contribution in [0.25, 0.3) is 0 Å². The molecule has 0 aromatic heterocycles. The minimum atomic E-state index is 0.277. The molecule has 1 fully saturated rings. The monoisotopic (exact) mass is 277 g/mol. The molecule has 1 saturated carbocycles. The average Bonchev–Trinajstić information content (AvgIpc) is 3.01. The molecule has 1 unspecified atom stereocenters. The molecule has 0 radical (unpaired) electrons. The zero-order chi connectivity index (χ0) is 14.2. The van der Waals surface area contributed by atoms with Crippen LogP contribution >= 0.6 is 0 Å². The third-order valence-electron chi connectivity index (χ3n) is 4.28. The fourth-order valence-electron chi connectivity index (χ4n) is 3.16. The predicted molar refractivity (Wildman–Crippen MR) is 77.4 cm³/mol. The van der Waals surface area contributed by atoms with E-state index in [-0.39, 0.29) is 6.79 Å². The number of fused-ring (bicyclic) bond motifs is 1. The first-order valence-electron chi connectivity index (χ1n) is 7.27. The minimum absolute atomic E-state index is 0.277. The Balaban J connectivity index is 1.66. The lowest BCUT2D eigenvalue weighted by atomic mass is 9.92. The number of hydrogen-bond donors (Lipinski definition) is 1. The van der Waals surface area contributed by atoms with Gasteiger partial charge in [0.15, 0.2) is 11.5 Å². The molecule has 3 rings (SSSR count). The zero-order valence-electron chi connectivity index (χ0n) is 12.5. The number of benzene rings is 1. The standard InChI is InChI=1S/C16H23NO3/c1-16(2)5-4-12(8-16)17-9-11-6-13(18-3)15-14(7-11)19-10-20-15/h6-7,12,17H,4-5,8-10H2,1-3H3. The summed E-state index contributed by atoms with van der Waals surface area (Å²) in [6.07, 6.45) is 3.80. The zero-order valence-corrected chi connectivity index (χ0v) is 12.5. The number of hydrogen-bond acceptors (Lipinski definition) is 4. The first-order valence-corrected chi connectivity index (χ1v) is 7.27. The van der Waals surface area contributed by atoms with Gasteiger partial charge in [0.25, 0.3) is 0 Å². The van der Waals surface area contributed by atoms with E-state index in [0.717, 1.165) is 23.8 Å². The predicted octanol–water partition coefficient (Wildman–Crippen LogP) is 3.09. The lowest BCUT2D eigenvalue weighted by molar-refractivity contribution is 0.171. The molecule has 4 heteroatoms. The molecule has 0 spiro atoms. The largest absolute Gasteiger partial charge is 0.493 e. The van der Waals surface area contributed by atoms with Gasteiger partial charge in [0.2, 0.25) is 12.5 Å². The van der Waals surface area contributed by atoms with E-state index in [1.54, 1.807) is 7.11 Å². The van der Waals surface area contributed by atoms with Gasteiger partial charge in [0.05, 0.1) is 7.11 Å². The van der Waals surface area contributed by atoms with Gasteiger partial charge in [-0.3, -0.25) is 0 Å². The van der Waals surface area contributed by atoms with E-state index >= 15 is 0 Å². The molecule has 1 atom stereocenters. The summed E-state index contributed by atoms with van der Waals surface area (Å²) in [7, 11) is 1.66. The van der Waals surface area contributed by atoms with Gasteiger partial charge in [-0.25, -0.2) is 0 Å². The highest BCUT2D eigenvalue weighted by molar-refractivity contribution is 5.55. The lowest BCUT2D eigenvalue weighted by Crippen LogP contribution is -2.26. The molecule has 0 amide bonds. The van der Waals surface area contributed by atoms with Crippen LogP contribution in [-0.4, -0.2) is 19.9 Å². The van der Waals surface area contributed by atoms with Crippen molar-refractivity contribution in [1.29, 1.82) is 0 Å². The Kier molecular flexibility index (Phi) is 3.50.